The number of anilines is 1. The molecular formula is C19H27N4O2. The van der Waals surface area contributed by atoms with Crippen LogP contribution >= 0.6 is 0 Å². The number of carbonyl (C=O) groups is 2. The Labute approximate surface area is 149 Å². The second-order valence-corrected chi connectivity index (χ2v) is 7.86. The summed E-state index contributed by atoms with van der Waals surface area (Å²) in [7, 11) is 4.11. The highest BCUT2D eigenvalue weighted by Gasteiger charge is 2.51. The number of rotatable bonds is 5. The summed E-state index contributed by atoms with van der Waals surface area (Å²) in [5.74, 6) is -0.551. The van der Waals surface area contributed by atoms with E-state index in [0.717, 1.165) is 18.7 Å². The minimum absolute atomic E-state index is 0.00603. The first kappa shape index (κ1) is 17.9. The van der Waals surface area contributed by atoms with Gasteiger partial charge in [0.25, 0.3) is 5.91 Å². The summed E-state index contributed by atoms with van der Waals surface area (Å²) in [5.41, 5.74) is 7.51. The van der Waals surface area contributed by atoms with E-state index in [1.54, 1.807) is 4.90 Å². The molecule has 2 N–H and O–H groups in total. The minimum atomic E-state index is -0.697. The van der Waals surface area contributed by atoms with Crippen LogP contribution in [-0.4, -0.2) is 61.0 Å². The SMILES string of the molecule is CN(C)CC(C)(C)c1ccc(N2C(=O)[C@@H]3[CH]CCN3C2C(N)=O)cc1. The summed E-state index contributed by atoms with van der Waals surface area (Å²) >= 11 is 0. The number of likely N-dealkylation sites (N-methyl/N-ethyl adjacent to an activating group) is 1. The van der Waals surface area contributed by atoms with Crippen LogP contribution in [0.25, 0.3) is 0 Å². The predicted octanol–water partition coefficient (Wildman–Crippen LogP) is 0.962. The number of hydrogen-bond donors (Lipinski definition) is 1. The molecule has 6 nitrogen and oxygen atoms in total. The van der Waals surface area contributed by atoms with E-state index in [2.05, 4.69) is 32.8 Å². The molecule has 3 rings (SSSR count). The van der Waals surface area contributed by atoms with E-state index in [-0.39, 0.29) is 17.4 Å². The molecule has 25 heavy (non-hydrogen) atoms. The van der Waals surface area contributed by atoms with Gasteiger partial charge in [0.2, 0.25) is 5.91 Å². The summed E-state index contributed by atoms with van der Waals surface area (Å²) in [5, 5.41) is 0. The fourth-order valence-corrected chi connectivity index (χ4v) is 4.10. The van der Waals surface area contributed by atoms with Gasteiger partial charge < -0.3 is 10.6 Å². The van der Waals surface area contributed by atoms with Crippen LogP contribution in [0.15, 0.2) is 24.3 Å². The van der Waals surface area contributed by atoms with Gasteiger partial charge in [-0.25, -0.2) is 0 Å². The Morgan fingerprint density at radius 3 is 2.48 bits per heavy atom. The summed E-state index contributed by atoms with van der Waals surface area (Å²) in [6.07, 6.45) is 2.08. The van der Waals surface area contributed by atoms with Crippen LogP contribution in [0.5, 0.6) is 0 Å². The molecular weight excluding hydrogens is 316 g/mol. The number of benzene rings is 1. The Balaban J connectivity index is 1.89. The topological polar surface area (TPSA) is 69.9 Å². The quantitative estimate of drug-likeness (QED) is 0.865. The second kappa shape index (κ2) is 6.42. The van der Waals surface area contributed by atoms with Crippen LogP contribution in [0, 0.1) is 6.42 Å². The highest BCUT2D eigenvalue weighted by atomic mass is 16.2. The van der Waals surface area contributed by atoms with Crippen molar-refractivity contribution in [3.8, 4) is 0 Å². The molecule has 1 radical (unpaired) electrons. The van der Waals surface area contributed by atoms with Crippen molar-refractivity contribution in [3.05, 3.63) is 36.2 Å². The van der Waals surface area contributed by atoms with Gasteiger partial charge in [0.1, 0.15) is 0 Å². The molecule has 0 aromatic heterocycles. The lowest BCUT2D eigenvalue weighted by Gasteiger charge is -2.30. The van der Waals surface area contributed by atoms with Crippen molar-refractivity contribution >= 4 is 17.5 Å². The maximum Gasteiger partial charge on any atom is 0.255 e. The maximum atomic E-state index is 12.8. The zero-order valence-electron chi connectivity index (χ0n) is 15.4. The number of nitrogens with two attached hydrogens (primary N) is 1. The van der Waals surface area contributed by atoms with Gasteiger partial charge in [-0.3, -0.25) is 19.4 Å². The van der Waals surface area contributed by atoms with Crippen LogP contribution in [0.1, 0.15) is 25.8 Å². The largest absolute Gasteiger partial charge is 0.367 e. The van der Waals surface area contributed by atoms with Gasteiger partial charge in [0.15, 0.2) is 6.17 Å². The molecule has 1 aromatic carbocycles. The zero-order chi connectivity index (χ0) is 18.4. The van der Waals surface area contributed by atoms with E-state index in [1.807, 2.05) is 35.6 Å². The molecule has 2 atom stereocenters. The highest BCUT2D eigenvalue weighted by molar-refractivity contribution is 6.06. The second-order valence-electron chi connectivity index (χ2n) is 7.86. The lowest BCUT2D eigenvalue weighted by atomic mass is 9.84. The Morgan fingerprint density at radius 1 is 1.28 bits per heavy atom. The van der Waals surface area contributed by atoms with Crippen LogP contribution in [0.3, 0.4) is 0 Å². The lowest BCUT2D eigenvalue weighted by Crippen LogP contribution is -2.49. The summed E-state index contributed by atoms with van der Waals surface area (Å²) in [6, 6.07) is 7.59. The molecule has 6 heteroatoms. The van der Waals surface area contributed by atoms with Gasteiger partial charge in [-0.1, -0.05) is 26.0 Å². The van der Waals surface area contributed by atoms with Crippen molar-refractivity contribution in [1.29, 1.82) is 0 Å². The standard InChI is InChI=1S/C19H27N4O2/c1-19(2,12-21(3)4)13-7-9-14(10-8-13)23-17(16(20)24)22-11-5-6-15(22)18(23)25/h6-10,15,17H,5,11-12H2,1-4H3,(H2,20,24)/t15-,17?/m0/s1. The number of amides is 2. The fraction of sp³-hybridized carbons (Fsp3) is 0.526. The van der Waals surface area contributed by atoms with Crippen molar-refractivity contribution < 1.29 is 9.59 Å². The monoisotopic (exact) mass is 343 g/mol. The molecule has 2 aliphatic heterocycles. The van der Waals surface area contributed by atoms with Crippen molar-refractivity contribution in [2.45, 2.75) is 37.9 Å². The molecule has 2 aliphatic rings. The third-order valence-electron chi connectivity index (χ3n) is 5.08. The molecule has 135 valence electrons. The predicted molar refractivity (Wildman–Crippen MR) is 97.9 cm³/mol. The first-order valence-corrected chi connectivity index (χ1v) is 8.69. The number of primary amides is 1. The zero-order valence-corrected chi connectivity index (χ0v) is 15.4. The normalized spacial score (nSPS) is 24.2. The smallest absolute Gasteiger partial charge is 0.255 e. The Bertz CT molecular complexity index is 669. The minimum Gasteiger partial charge on any atom is -0.367 e. The molecule has 2 saturated heterocycles. The summed E-state index contributed by atoms with van der Waals surface area (Å²) in [4.78, 5) is 30.3. The van der Waals surface area contributed by atoms with Crippen LogP contribution in [0.2, 0.25) is 0 Å². The lowest BCUT2D eigenvalue weighted by molar-refractivity contribution is -0.122. The average Bonchev–Trinajstić information content (AvgIpc) is 3.08. The third-order valence-corrected chi connectivity index (χ3v) is 5.08. The van der Waals surface area contributed by atoms with Crippen LogP contribution in [-0.2, 0) is 15.0 Å². The van der Waals surface area contributed by atoms with E-state index >= 15 is 0 Å². The first-order chi connectivity index (χ1) is 11.7. The Morgan fingerprint density at radius 2 is 1.92 bits per heavy atom. The molecule has 2 amide bonds. The van der Waals surface area contributed by atoms with E-state index in [1.165, 1.54) is 5.56 Å². The Hall–Kier alpha value is -1.92. The molecule has 0 bridgehead atoms. The van der Waals surface area contributed by atoms with Crippen molar-refractivity contribution in [2.24, 2.45) is 5.73 Å². The van der Waals surface area contributed by atoms with Gasteiger partial charge in [0.05, 0.1) is 6.04 Å². The van der Waals surface area contributed by atoms with E-state index in [0.29, 0.717) is 6.54 Å². The molecule has 2 fully saturated rings. The summed E-state index contributed by atoms with van der Waals surface area (Å²) in [6.45, 7) is 6.00. The van der Waals surface area contributed by atoms with E-state index in [4.69, 9.17) is 5.73 Å². The number of carbonyl (C=O) groups excluding carboxylic acids is 2. The number of hydrogen-bond acceptors (Lipinski definition) is 4. The molecule has 1 unspecified atom stereocenters. The third kappa shape index (κ3) is 3.16. The highest BCUT2D eigenvalue weighted by Crippen LogP contribution is 2.35. The fourth-order valence-electron chi connectivity index (χ4n) is 4.10. The molecule has 0 saturated carbocycles. The van der Waals surface area contributed by atoms with Crippen molar-refractivity contribution in [1.82, 2.24) is 9.80 Å². The van der Waals surface area contributed by atoms with Crippen LogP contribution in [0.4, 0.5) is 5.69 Å². The van der Waals surface area contributed by atoms with Gasteiger partial charge in [-0.2, -0.15) is 0 Å². The van der Waals surface area contributed by atoms with Gasteiger partial charge in [-0.15, -0.1) is 0 Å². The van der Waals surface area contributed by atoms with Crippen LogP contribution < -0.4 is 10.6 Å². The maximum absolute atomic E-state index is 12.8. The first-order valence-electron chi connectivity index (χ1n) is 8.69. The van der Waals surface area contributed by atoms with Gasteiger partial charge in [0, 0.05) is 24.2 Å². The van der Waals surface area contributed by atoms with Gasteiger partial charge >= 0.3 is 0 Å². The average molecular weight is 343 g/mol. The number of fused-ring (bicyclic) bond motifs is 1. The van der Waals surface area contributed by atoms with E-state index < -0.39 is 12.1 Å². The molecule has 2 heterocycles. The van der Waals surface area contributed by atoms with Gasteiger partial charge in [-0.05, 0) is 44.6 Å². The molecule has 0 aliphatic carbocycles. The number of nitrogens with zero attached hydrogens (tertiary/aromatic N) is 3. The van der Waals surface area contributed by atoms with Crippen molar-refractivity contribution in [3.63, 3.8) is 0 Å². The molecule has 0 spiro atoms. The summed E-state index contributed by atoms with van der Waals surface area (Å²) < 4.78 is 0. The molecule has 1 aromatic rings. The Kier molecular flexibility index (Phi) is 4.60. The van der Waals surface area contributed by atoms with E-state index in [9.17, 15) is 9.59 Å². The van der Waals surface area contributed by atoms with Crippen molar-refractivity contribution in [2.75, 3.05) is 32.1 Å².